The Bertz CT molecular complexity index is 566. The van der Waals surface area contributed by atoms with Crippen LogP contribution in [0.15, 0.2) is 18.2 Å². The molecule has 1 saturated heterocycles. The van der Waals surface area contributed by atoms with Crippen LogP contribution in [0.4, 0.5) is 0 Å². The molecule has 0 bridgehead atoms. The van der Waals surface area contributed by atoms with Crippen molar-refractivity contribution in [1.29, 1.82) is 0 Å². The van der Waals surface area contributed by atoms with E-state index in [1.807, 2.05) is 37.1 Å². The van der Waals surface area contributed by atoms with Crippen molar-refractivity contribution in [2.75, 3.05) is 26.8 Å². The maximum atomic E-state index is 12.6. The summed E-state index contributed by atoms with van der Waals surface area (Å²) in [6.45, 7) is 3.74. The number of amides is 1. The van der Waals surface area contributed by atoms with Crippen LogP contribution in [0.3, 0.4) is 0 Å². The van der Waals surface area contributed by atoms with Gasteiger partial charge in [0.1, 0.15) is 0 Å². The lowest BCUT2D eigenvalue weighted by atomic mass is 10.0. The fourth-order valence-corrected chi connectivity index (χ4v) is 2.57. The van der Waals surface area contributed by atoms with E-state index in [-0.39, 0.29) is 11.9 Å². The molecule has 0 aliphatic carbocycles. The van der Waals surface area contributed by atoms with Crippen molar-refractivity contribution < 1.29 is 9.53 Å². The predicted molar refractivity (Wildman–Crippen MR) is 83.0 cm³/mol. The van der Waals surface area contributed by atoms with E-state index in [9.17, 15) is 4.79 Å². The lowest BCUT2D eigenvalue weighted by Crippen LogP contribution is -2.40. The Morgan fingerprint density at radius 3 is 2.76 bits per heavy atom. The number of benzene rings is 1. The van der Waals surface area contributed by atoms with E-state index in [1.54, 1.807) is 0 Å². The van der Waals surface area contributed by atoms with E-state index < -0.39 is 0 Å². The highest BCUT2D eigenvalue weighted by atomic mass is 16.5. The summed E-state index contributed by atoms with van der Waals surface area (Å²) in [5.41, 5.74) is 7.95. The first kappa shape index (κ1) is 15.6. The summed E-state index contributed by atoms with van der Waals surface area (Å²) in [7, 11) is 1.87. The molecule has 0 spiro atoms. The van der Waals surface area contributed by atoms with Gasteiger partial charge in [-0.2, -0.15) is 0 Å². The van der Waals surface area contributed by atoms with Crippen molar-refractivity contribution in [2.45, 2.75) is 25.8 Å². The standard InChI is InChI=1S/C17H22N2O2/c1-13-10-14(4-3-7-18)12-15(11-13)17(20)19(2)16-5-8-21-9-6-16/h10-12,16H,5-9,18H2,1-2H3. The second-order valence-electron chi connectivity index (χ2n) is 5.35. The number of hydrogen-bond acceptors (Lipinski definition) is 3. The second-order valence-corrected chi connectivity index (χ2v) is 5.35. The average molecular weight is 286 g/mol. The van der Waals surface area contributed by atoms with Crippen LogP contribution in [0.25, 0.3) is 0 Å². The molecule has 4 heteroatoms. The molecule has 21 heavy (non-hydrogen) atoms. The predicted octanol–water partition coefficient (Wildman–Crippen LogP) is 1.56. The van der Waals surface area contributed by atoms with Gasteiger partial charge in [-0.15, -0.1) is 0 Å². The molecule has 112 valence electrons. The summed E-state index contributed by atoms with van der Waals surface area (Å²) in [6, 6.07) is 5.97. The van der Waals surface area contributed by atoms with E-state index in [0.717, 1.165) is 37.2 Å². The van der Waals surface area contributed by atoms with Crippen molar-refractivity contribution in [3.05, 3.63) is 34.9 Å². The molecule has 1 aliphatic rings. The number of nitrogens with zero attached hydrogens (tertiary/aromatic N) is 1. The molecule has 0 aromatic heterocycles. The number of carbonyl (C=O) groups is 1. The minimum atomic E-state index is 0.0430. The van der Waals surface area contributed by atoms with E-state index >= 15 is 0 Å². The van der Waals surface area contributed by atoms with Crippen LogP contribution in [0, 0.1) is 18.8 Å². The van der Waals surface area contributed by atoms with Gasteiger partial charge in [0.05, 0.1) is 6.54 Å². The second kappa shape index (κ2) is 7.26. The monoisotopic (exact) mass is 286 g/mol. The molecule has 1 amide bonds. The Labute approximate surface area is 126 Å². The highest BCUT2D eigenvalue weighted by Gasteiger charge is 2.23. The first-order chi connectivity index (χ1) is 10.1. The molecule has 4 nitrogen and oxygen atoms in total. The summed E-state index contributed by atoms with van der Waals surface area (Å²) in [6.07, 6.45) is 1.79. The molecule has 1 heterocycles. The minimum absolute atomic E-state index is 0.0430. The van der Waals surface area contributed by atoms with Gasteiger partial charge in [0, 0.05) is 37.4 Å². The summed E-state index contributed by atoms with van der Waals surface area (Å²) in [4.78, 5) is 14.5. The maximum Gasteiger partial charge on any atom is 0.253 e. The third kappa shape index (κ3) is 4.07. The Morgan fingerprint density at radius 2 is 2.10 bits per heavy atom. The molecule has 0 atom stereocenters. The van der Waals surface area contributed by atoms with Gasteiger partial charge in [-0.3, -0.25) is 4.79 Å². The maximum absolute atomic E-state index is 12.6. The number of ether oxygens (including phenoxy) is 1. The zero-order valence-corrected chi connectivity index (χ0v) is 12.7. The zero-order valence-electron chi connectivity index (χ0n) is 12.7. The van der Waals surface area contributed by atoms with Gasteiger partial charge in [-0.05, 0) is 43.5 Å². The van der Waals surface area contributed by atoms with Crippen molar-refractivity contribution in [3.8, 4) is 11.8 Å². The fourth-order valence-electron chi connectivity index (χ4n) is 2.57. The van der Waals surface area contributed by atoms with E-state index in [2.05, 4.69) is 11.8 Å². The SMILES string of the molecule is Cc1cc(C#CCN)cc(C(=O)N(C)C2CCOCC2)c1. The third-order valence-corrected chi connectivity index (χ3v) is 3.72. The highest BCUT2D eigenvalue weighted by Crippen LogP contribution is 2.17. The van der Waals surface area contributed by atoms with Crippen LogP contribution in [-0.2, 0) is 4.74 Å². The first-order valence-corrected chi connectivity index (χ1v) is 7.27. The molecule has 0 saturated carbocycles. The molecule has 0 unspecified atom stereocenters. The van der Waals surface area contributed by atoms with Crippen LogP contribution in [0.2, 0.25) is 0 Å². The number of aryl methyl sites for hydroxylation is 1. The number of hydrogen-bond donors (Lipinski definition) is 1. The molecule has 1 aromatic carbocycles. The van der Waals surface area contributed by atoms with E-state index in [4.69, 9.17) is 10.5 Å². The largest absolute Gasteiger partial charge is 0.381 e. The molecular weight excluding hydrogens is 264 g/mol. The smallest absolute Gasteiger partial charge is 0.253 e. The normalized spacial score (nSPS) is 15.2. The van der Waals surface area contributed by atoms with Gasteiger partial charge < -0.3 is 15.4 Å². The molecule has 2 N–H and O–H groups in total. The lowest BCUT2D eigenvalue weighted by Gasteiger charge is -2.31. The number of carbonyl (C=O) groups excluding carboxylic acids is 1. The van der Waals surface area contributed by atoms with Crippen molar-refractivity contribution in [1.82, 2.24) is 4.90 Å². The Hall–Kier alpha value is -1.83. The van der Waals surface area contributed by atoms with Crippen LogP contribution < -0.4 is 5.73 Å². The molecule has 1 aromatic rings. The highest BCUT2D eigenvalue weighted by molar-refractivity contribution is 5.94. The van der Waals surface area contributed by atoms with Crippen LogP contribution in [0.1, 0.15) is 34.3 Å². The fraction of sp³-hybridized carbons (Fsp3) is 0.471. The summed E-state index contributed by atoms with van der Waals surface area (Å²) in [5, 5.41) is 0. The van der Waals surface area contributed by atoms with Crippen molar-refractivity contribution >= 4 is 5.91 Å². The van der Waals surface area contributed by atoms with Crippen LogP contribution in [-0.4, -0.2) is 43.7 Å². The van der Waals surface area contributed by atoms with Gasteiger partial charge in [-0.25, -0.2) is 0 Å². The lowest BCUT2D eigenvalue weighted by molar-refractivity contribution is 0.0362. The van der Waals surface area contributed by atoms with Gasteiger partial charge in [0.2, 0.25) is 0 Å². The van der Waals surface area contributed by atoms with E-state index in [1.165, 1.54) is 0 Å². The van der Waals surface area contributed by atoms with Crippen molar-refractivity contribution in [2.24, 2.45) is 5.73 Å². The molecule has 2 rings (SSSR count). The molecule has 1 fully saturated rings. The topological polar surface area (TPSA) is 55.6 Å². The average Bonchev–Trinajstić information content (AvgIpc) is 2.51. The molecular formula is C17H22N2O2. The van der Waals surface area contributed by atoms with Gasteiger partial charge >= 0.3 is 0 Å². The summed E-state index contributed by atoms with van der Waals surface area (Å²) < 4.78 is 5.35. The van der Waals surface area contributed by atoms with Gasteiger partial charge in [-0.1, -0.05) is 11.8 Å². The van der Waals surface area contributed by atoms with Gasteiger partial charge in [0.25, 0.3) is 5.91 Å². The summed E-state index contributed by atoms with van der Waals surface area (Å²) >= 11 is 0. The van der Waals surface area contributed by atoms with Gasteiger partial charge in [0.15, 0.2) is 0 Å². The number of rotatable bonds is 2. The number of nitrogens with two attached hydrogens (primary N) is 1. The van der Waals surface area contributed by atoms with Crippen LogP contribution >= 0.6 is 0 Å². The zero-order chi connectivity index (χ0) is 15.2. The van der Waals surface area contributed by atoms with E-state index in [0.29, 0.717) is 12.1 Å². The molecule has 0 radical (unpaired) electrons. The summed E-state index contributed by atoms with van der Waals surface area (Å²) in [5.74, 6) is 5.86. The Balaban J connectivity index is 2.19. The quantitative estimate of drug-likeness (QED) is 0.839. The Morgan fingerprint density at radius 1 is 1.38 bits per heavy atom. The third-order valence-electron chi connectivity index (χ3n) is 3.72. The Kier molecular flexibility index (Phi) is 5.38. The van der Waals surface area contributed by atoms with Crippen molar-refractivity contribution in [3.63, 3.8) is 0 Å². The first-order valence-electron chi connectivity index (χ1n) is 7.27. The van der Waals surface area contributed by atoms with Crippen LogP contribution in [0.5, 0.6) is 0 Å². The molecule has 1 aliphatic heterocycles. The minimum Gasteiger partial charge on any atom is -0.381 e.